The fourth-order valence-electron chi connectivity index (χ4n) is 1.58. The van der Waals surface area contributed by atoms with E-state index in [1.54, 1.807) is 6.08 Å². The van der Waals surface area contributed by atoms with Crippen molar-refractivity contribution in [2.24, 2.45) is 0 Å². The molecule has 1 aliphatic carbocycles. The molecule has 0 unspecified atom stereocenters. The molecular formula is C23H38. The normalized spacial score (nSPS) is 10.8. The van der Waals surface area contributed by atoms with Gasteiger partial charge in [-0.25, -0.2) is 0 Å². The van der Waals surface area contributed by atoms with Crippen LogP contribution in [0.15, 0.2) is 67.3 Å². The fraction of sp³-hybridized carbons (Fsp3) is 0.391. The Kier molecular flexibility index (Phi) is 20.7. The molecule has 0 amide bonds. The predicted molar refractivity (Wildman–Crippen MR) is 112 cm³/mol. The zero-order chi connectivity index (χ0) is 17.4. The van der Waals surface area contributed by atoms with Crippen LogP contribution in [-0.4, -0.2) is 0 Å². The molecule has 0 atom stereocenters. The minimum Gasteiger partial charge on any atom is -0.103 e. The Bertz CT molecular complexity index is 455. The Balaban J connectivity index is -0.000000271. The maximum Gasteiger partial charge on any atom is -0.0233 e. The number of hydrogen-bond donors (Lipinski definition) is 0. The van der Waals surface area contributed by atoms with Crippen LogP contribution < -0.4 is 0 Å². The first-order valence-corrected chi connectivity index (χ1v) is 8.14. The van der Waals surface area contributed by atoms with Gasteiger partial charge in [-0.3, -0.25) is 0 Å². The van der Waals surface area contributed by atoms with Crippen molar-refractivity contribution in [2.75, 3.05) is 0 Å². The maximum atomic E-state index is 3.86. The SMILES string of the molecule is C.C=C(C)c1ccc(C)cc1.C=CC.CC.CC1=CCCC=C1. The highest BCUT2D eigenvalue weighted by molar-refractivity contribution is 5.61. The van der Waals surface area contributed by atoms with E-state index in [9.17, 15) is 0 Å². The van der Waals surface area contributed by atoms with Crippen LogP contribution in [0, 0.1) is 6.92 Å². The van der Waals surface area contributed by atoms with Gasteiger partial charge in [-0.15, -0.1) is 6.58 Å². The lowest BCUT2D eigenvalue weighted by atomic mass is 10.1. The number of hydrogen-bond acceptors (Lipinski definition) is 0. The van der Waals surface area contributed by atoms with Gasteiger partial charge in [0.25, 0.3) is 0 Å². The second kappa shape index (κ2) is 18.2. The summed E-state index contributed by atoms with van der Waals surface area (Å²) in [5, 5.41) is 0. The third-order valence-corrected chi connectivity index (χ3v) is 2.72. The number of rotatable bonds is 1. The third-order valence-electron chi connectivity index (χ3n) is 2.72. The molecule has 0 N–H and O–H groups in total. The molecule has 0 saturated heterocycles. The van der Waals surface area contributed by atoms with Crippen molar-refractivity contribution in [2.45, 2.75) is 61.8 Å². The zero-order valence-corrected chi connectivity index (χ0v) is 15.4. The number of aryl methyl sites for hydroxylation is 1. The Morgan fingerprint density at radius 3 is 1.78 bits per heavy atom. The standard InChI is InChI=1S/C10H12.C7H10.C3H6.C2H6.CH4/c1-8(2)10-6-4-9(3)5-7-10;1-7-5-3-2-4-6-7;1-3-2;1-2;/h4-7H,1H2,2-3H3;3,5-6H,2,4H2,1H3;3H,1H2,2H3;1-2H3;1H4. The van der Waals surface area contributed by atoms with Gasteiger partial charge in [0.2, 0.25) is 0 Å². The van der Waals surface area contributed by atoms with Crippen molar-refractivity contribution in [1.29, 1.82) is 0 Å². The van der Waals surface area contributed by atoms with E-state index in [0.717, 1.165) is 5.57 Å². The zero-order valence-electron chi connectivity index (χ0n) is 15.4. The third kappa shape index (κ3) is 16.4. The molecule has 0 nitrogen and oxygen atoms in total. The molecule has 0 fully saturated rings. The Hall–Kier alpha value is -1.82. The molecule has 0 aromatic heterocycles. The van der Waals surface area contributed by atoms with Crippen molar-refractivity contribution < 1.29 is 0 Å². The van der Waals surface area contributed by atoms with Crippen molar-refractivity contribution in [1.82, 2.24) is 0 Å². The van der Waals surface area contributed by atoms with E-state index in [0.29, 0.717) is 0 Å². The second-order valence-electron chi connectivity index (χ2n) is 4.98. The van der Waals surface area contributed by atoms with Crippen LogP contribution >= 0.6 is 0 Å². The highest BCUT2D eigenvalue weighted by Gasteiger charge is 1.89. The van der Waals surface area contributed by atoms with E-state index in [-0.39, 0.29) is 7.43 Å². The summed E-state index contributed by atoms with van der Waals surface area (Å²) in [7, 11) is 0. The van der Waals surface area contributed by atoms with Gasteiger partial charge in [0, 0.05) is 0 Å². The van der Waals surface area contributed by atoms with Crippen LogP contribution in [0.1, 0.15) is 66.0 Å². The predicted octanol–water partition coefficient (Wildman–Crippen LogP) is 8.17. The van der Waals surface area contributed by atoms with E-state index in [2.05, 4.69) is 69.5 Å². The lowest BCUT2D eigenvalue weighted by Crippen LogP contribution is -1.76. The minimum absolute atomic E-state index is 0. The molecule has 0 saturated carbocycles. The highest BCUT2D eigenvalue weighted by Crippen LogP contribution is 2.11. The van der Waals surface area contributed by atoms with Gasteiger partial charge < -0.3 is 0 Å². The van der Waals surface area contributed by atoms with Crippen LogP contribution in [0.3, 0.4) is 0 Å². The van der Waals surface area contributed by atoms with Gasteiger partial charge in [0.15, 0.2) is 0 Å². The Morgan fingerprint density at radius 2 is 1.52 bits per heavy atom. The van der Waals surface area contributed by atoms with Gasteiger partial charge in [0.05, 0.1) is 0 Å². The molecule has 23 heavy (non-hydrogen) atoms. The molecule has 1 aromatic carbocycles. The summed E-state index contributed by atoms with van der Waals surface area (Å²) in [4.78, 5) is 0. The summed E-state index contributed by atoms with van der Waals surface area (Å²) in [6, 6.07) is 8.39. The molecule has 0 radical (unpaired) electrons. The van der Waals surface area contributed by atoms with E-state index in [4.69, 9.17) is 0 Å². The first-order chi connectivity index (χ1) is 10.5. The van der Waals surface area contributed by atoms with E-state index >= 15 is 0 Å². The first-order valence-electron chi connectivity index (χ1n) is 8.14. The second-order valence-corrected chi connectivity index (χ2v) is 4.98. The van der Waals surface area contributed by atoms with Gasteiger partial charge in [-0.05, 0) is 46.1 Å². The van der Waals surface area contributed by atoms with Crippen LogP contribution in [-0.2, 0) is 0 Å². The van der Waals surface area contributed by atoms with Gasteiger partial charge in [-0.1, -0.05) is 93.1 Å². The summed E-state index contributed by atoms with van der Waals surface area (Å²) < 4.78 is 0. The van der Waals surface area contributed by atoms with Crippen LogP contribution in [0.2, 0.25) is 0 Å². The van der Waals surface area contributed by atoms with Crippen molar-refractivity contribution in [3.05, 3.63) is 78.4 Å². The topological polar surface area (TPSA) is 0 Å². The summed E-state index contributed by atoms with van der Waals surface area (Å²) in [6.45, 7) is 19.3. The highest BCUT2D eigenvalue weighted by atomic mass is 13.9. The Morgan fingerprint density at radius 1 is 1.04 bits per heavy atom. The first kappa shape index (κ1) is 26.1. The van der Waals surface area contributed by atoms with Gasteiger partial charge in [0.1, 0.15) is 0 Å². The largest absolute Gasteiger partial charge is 0.103 e. The fourth-order valence-corrected chi connectivity index (χ4v) is 1.58. The Labute approximate surface area is 146 Å². The molecule has 1 aromatic rings. The quantitative estimate of drug-likeness (QED) is 0.458. The van der Waals surface area contributed by atoms with E-state index in [1.807, 2.05) is 27.7 Å². The summed E-state index contributed by atoms with van der Waals surface area (Å²) in [5.41, 5.74) is 5.06. The van der Waals surface area contributed by atoms with Crippen molar-refractivity contribution >= 4 is 5.57 Å². The maximum absolute atomic E-state index is 3.86. The van der Waals surface area contributed by atoms with Crippen LogP contribution in [0.4, 0.5) is 0 Å². The van der Waals surface area contributed by atoms with Gasteiger partial charge in [-0.2, -0.15) is 0 Å². The minimum atomic E-state index is 0. The lowest BCUT2D eigenvalue weighted by molar-refractivity contribution is 1.02. The van der Waals surface area contributed by atoms with Crippen LogP contribution in [0.5, 0.6) is 0 Å². The number of benzene rings is 1. The summed E-state index contributed by atoms with van der Waals surface area (Å²) in [5.74, 6) is 0. The summed E-state index contributed by atoms with van der Waals surface area (Å²) >= 11 is 0. The molecule has 130 valence electrons. The van der Waals surface area contributed by atoms with E-state index < -0.39 is 0 Å². The van der Waals surface area contributed by atoms with Gasteiger partial charge >= 0.3 is 0 Å². The lowest BCUT2D eigenvalue weighted by Gasteiger charge is -1.98. The van der Waals surface area contributed by atoms with Crippen LogP contribution in [0.25, 0.3) is 5.57 Å². The molecule has 0 bridgehead atoms. The van der Waals surface area contributed by atoms with Crippen molar-refractivity contribution in [3.8, 4) is 0 Å². The molecule has 0 heterocycles. The summed E-state index contributed by atoms with van der Waals surface area (Å²) in [6.07, 6.45) is 10.9. The average Bonchev–Trinajstić information content (AvgIpc) is 2.52. The monoisotopic (exact) mass is 314 g/mol. The van der Waals surface area contributed by atoms with Crippen molar-refractivity contribution in [3.63, 3.8) is 0 Å². The smallest absolute Gasteiger partial charge is 0.0233 e. The number of allylic oxidation sites excluding steroid dienone is 6. The molecular weight excluding hydrogens is 276 g/mol. The molecule has 0 spiro atoms. The molecule has 2 rings (SSSR count). The molecule has 0 aliphatic heterocycles. The molecule has 1 aliphatic rings. The average molecular weight is 315 g/mol. The van der Waals surface area contributed by atoms with E-state index in [1.165, 1.54) is 29.5 Å². The molecule has 0 heteroatoms.